The van der Waals surface area contributed by atoms with Gasteiger partial charge in [-0.1, -0.05) is 0 Å². The molecule has 1 fully saturated rings. The molecule has 182 valence electrons. The lowest BCUT2D eigenvalue weighted by atomic mass is 10.2. The predicted octanol–water partition coefficient (Wildman–Crippen LogP) is 2.67. The number of imidazole rings is 1. The number of aliphatic hydroxyl groups excluding tert-OH is 1. The van der Waals surface area contributed by atoms with Gasteiger partial charge in [0.25, 0.3) is 0 Å². The second-order valence-corrected chi connectivity index (χ2v) is 7.66. The maximum Gasteiger partial charge on any atom is 0.230 e. The van der Waals surface area contributed by atoms with Crippen molar-refractivity contribution in [2.75, 3.05) is 51.7 Å². The van der Waals surface area contributed by atoms with Crippen LogP contribution in [0.25, 0.3) is 5.69 Å². The van der Waals surface area contributed by atoms with Gasteiger partial charge in [0.05, 0.1) is 52.1 Å². The minimum atomic E-state index is 0.507. The van der Waals surface area contributed by atoms with Crippen LogP contribution in [0.1, 0.15) is 24.1 Å². The van der Waals surface area contributed by atoms with E-state index in [1.807, 2.05) is 22.9 Å². The average molecular weight is 471 g/mol. The molecule has 2 N–H and O–H groups in total. The lowest BCUT2D eigenvalue weighted by Crippen LogP contribution is -2.21. The van der Waals surface area contributed by atoms with Gasteiger partial charge in [0, 0.05) is 37.9 Å². The molecule has 2 aromatic heterocycles. The Balaban J connectivity index is 0.00000133. The number of hydrogen-bond acceptors (Lipinski definition) is 10. The van der Waals surface area contributed by atoms with Crippen LogP contribution >= 0.6 is 0 Å². The monoisotopic (exact) mass is 470 g/mol. The van der Waals surface area contributed by atoms with E-state index in [-0.39, 0.29) is 0 Å². The zero-order chi connectivity index (χ0) is 24.1. The molecule has 2 aliphatic rings. The quantitative estimate of drug-likeness (QED) is 0.534. The summed E-state index contributed by atoms with van der Waals surface area (Å²) in [6, 6.07) is 3.73. The Morgan fingerprint density at radius 3 is 2.32 bits per heavy atom. The fraction of sp³-hybridized carbons (Fsp3) is 0.435. The van der Waals surface area contributed by atoms with E-state index < -0.39 is 0 Å². The highest BCUT2D eigenvalue weighted by atomic mass is 16.5. The molecule has 5 rings (SSSR count). The summed E-state index contributed by atoms with van der Waals surface area (Å²) >= 11 is 0. The first-order valence-electron chi connectivity index (χ1n) is 11.0. The minimum absolute atomic E-state index is 0.507. The van der Waals surface area contributed by atoms with Crippen LogP contribution in [0.3, 0.4) is 0 Å². The van der Waals surface area contributed by atoms with Gasteiger partial charge >= 0.3 is 0 Å². The topological polar surface area (TPSA) is 116 Å². The lowest BCUT2D eigenvalue weighted by molar-refractivity contribution is 0.133. The van der Waals surface area contributed by atoms with Crippen molar-refractivity contribution in [2.45, 2.75) is 26.1 Å². The Kier molecular flexibility index (Phi) is 7.33. The largest absolute Gasteiger partial charge is 0.493 e. The molecule has 0 spiro atoms. The van der Waals surface area contributed by atoms with Crippen LogP contribution in [0.5, 0.6) is 17.2 Å². The number of aliphatic hydroxyl groups is 1. The molecule has 2 aliphatic heterocycles. The van der Waals surface area contributed by atoms with Crippen LogP contribution in [0.4, 0.5) is 17.6 Å². The molecule has 0 atom stereocenters. The molecule has 0 saturated carbocycles. The first kappa shape index (κ1) is 23.6. The van der Waals surface area contributed by atoms with Gasteiger partial charge < -0.3 is 38.8 Å². The molecule has 0 bridgehead atoms. The Labute approximate surface area is 198 Å². The van der Waals surface area contributed by atoms with Crippen molar-refractivity contribution in [3.63, 3.8) is 0 Å². The van der Waals surface area contributed by atoms with Gasteiger partial charge in [-0.3, -0.25) is 0 Å². The van der Waals surface area contributed by atoms with Crippen molar-refractivity contribution in [2.24, 2.45) is 0 Å². The Morgan fingerprint density at radius 1 is 0.971 bits per heavy atom. The summed E-state index contributed by atoms with van der Waals surface area (Å²) in [5, 5.41) is 10.2. The second-order valence-electron chi connectivity index (χ2n) is 7.66. The third-order valence-electron chi connectivity index (χ3n) is 5.73. The van der Waals surface area contributed by atoms with Crippen LogP contribution in [0.15, 0.2) is 24.7 Å². The van der Waals surface area contributed by atoms with Crippen molar-refractivity contribution in [1.29, 1.82) is 0 Å². The van der Waals surface area contributed by atoms with Gasteiger partial charge in [-0.05, 0) is 12.8 Å². The van der Waals surface area contributed by atoms with E-state index in [0.29, 0.717) is 42.2 Å². The third-order valence-corrected chi connectivity index (χ3v) is 5.73. The summed E-state index contributed by atoms with van der Waals surface area (Å²) in [5.41, 5.74) is 2.86. The highest BCUT2D eigenvalue weighted by Gasteiger charge is 2.25. The number of benzene rings is 1. The van der Waals surface area contributed by atoms with Gasteiger partial charge in [-0.2, -0.15) is 4.98 Å². The number of ether oxygens (including phenoxy) is 4. The summed E-state index contributed by atoms with van der Waals surface area (Å²) in [4.78, 5) is 16.3. The smallest absolute Gasteiger partial charge is 0.230 e. The molecule has 1 saturated heterocycles. The van der Waals surface area contributed by atoms with Crippen LogP contribution in [-0.2, 0) is 18.0 Å². The number of methoxy groups -OCH3 is 3. The third kappa shape index (κ3) is 4.57. The van der Waals surface area contributed by atoms with Gasteiger partial charge in [0.2, 0.25) is 11.7 Å². The van der Waals surface area contributed by atoms with E-state index in [2.05, 4.69) is 20.2 Å². The minimum Gasteiger partial charge on any atom is -0.493 e. The number of aromatic nitrogens is 4. The summed E-state index contributed by atoms with van der Waals surface area (Å²) < 4.78 is 23.8. The van der Waals surface area contributed by atoms with E-state index >= 15 is 0 Å². The predicted molar refractivity (Wildman–Crippen MR) is 127 cm³/mol. The molecular weight excluding hydrogens is 440 g/mol. The van der Waals surface area contributed by atoms with E-state index in [9.17, 15) is 0 Å². The molecule has 4 heterocycles. The van der Waals surface area contributed by atoms with E-state index in [4.69, 9.17) is 29.0 Å². The normalized spacial score (nSPS) is 14.3. The fourth-order valence-electron chi connectivity index (χ4n) is 4.14. The Bertz CT molecular complexity index is 1100. The maximum atomic E-state index is 7.00. The number of nitrogens with one attached hydrogen (secondary N) is 1. The first-order valence-corrected chi connectivity index (χ1v) is 11.0. The van der Waals surface area contributed by atoms with Crippen molar-refractivity contribution in [3.05, 3.63) is 35.9 Å². The molecular formula is C23H30N6O5. The van der Waals surface area contributed by atoms with Gasteiger partial charge in [0.1, 0.15) is 12.1 Å². The van der Waals surface area contributed by atoms with Gasteiger partial charge in [-0.25, -0.2) is 9.97 Å². The zero-order valence-electron chi connectivity index (χ0n) is 19.9. The summed E-state index contributed by atoms with van der Waals surface area (Å²) in [5.74, 6) is 3.80. The molecule has 11 heteroatoms. The summed E-state index contributed by atoms with van der Waals surface area (Å²) in [6.07, 6.45) is 5.94. The van der Waals surface area contributed by atoms with Crippen LogP contribution < -0.4 is 24.4 Å². The zero-order valence-corrected chi connectivity index (χ0v) is 19.9. The fourth-order valence-corrected chi connectivity index (χ4v) is 4.14. The molecule has 0 aliphatic carbocycles. The highest BCUT2D eigenvalue weighted by Crippen LogP contribution is 2.39. The molecule has 34 heavy (non-hydrogen) atoms. The second kappa shape index (κ2) is 10.6. The van der Waals surface area contributed by atoms with E-state index in [0.717, 1.165) is 43.0 Å². The SMILES string of the molecule is CO.COc1cc(-n2cnc(Nc3nc4c(c(N5CCCC5)n3)COC4)c2)cc(OC)c1OC. The van der Waals surface area contributed by atoms with E-state index in [1.54, 1.807) is 27.7 Å². The number of fused-ring (bicyclic) bond motifs is 1. The maximum absolute atomic E-state index is 7.00. The van der Waals surface area contributed by atoms with Crippen LogP contribution in [0, 0.1) is 0 Å². The molecule has 3 aromatic rings. The van der Waals surface area contributed by atoms with Crippen molar-refractivity contribution in [3.8, 4) is 22.9 Å². The molecule has 1 aromatic carbocycles. The molecule has 11 nitrogen and oxygen atoms in total. The first-order chi connectivity index (χ1) is 16.7. The van der Waals surface area contributed by atoms with Crippen LogP contribution in [0.2, 0.25) is 0 Å². The van der Waals surface area contributed by atoms with Crippen molar-refractivity contribution in [1.82, 2.24) is 19.5 Å². The van der Waals surface area contributed by atoms with E-state index in [1.165, 1.54) is 12.8 Å². The Morgan fingerprint density at radius 2 is 1.68 bits per heavy atom. The summed E-state index contributed by atoms with van der Waals surface area (Å²) in [6.45, 7) is 3.10. The standard InChI is InChI=1S/C22H26N6O4.CH4O/c1-29-17-8-14(9-18(30-2)20(17)31-3)28-10-19(23-13-28)25-22-24-16-12-32-11-15(16)21(26-22)27-6-4-5-7-27;1-2/h8-10,13H,4-7,11-12H2,1-3H3,(H,24,25,26);2H,1H3. The number of nitrogens with zero attached hydrogens (tertiary/aromatic N) is 5. The summed E-state index contributed by atoms with van der Waals surface area (Å²) in [7, 11) is 5.76. The van der Waals surface area contributed by atoms with Crippen LogP contribution in [-0.4, -0.2) is 66.2 Å². The van der Waals surface area contributed by atoms with Crippen molar-refractivity contribution < 1.29 is 24.1 Å². The number of rotatable bonds is 7. The highest BCUT2D eigenvalue weighted by molar-refractivity contribution is 5.60. The number of hydrogen-bond donors (Lipinski definition) is 2. The average Bonchev–Trinajstić information content (AvgIpc) is 3.66. The number of anilines is 3. The molecule has 0 radical (unpaired) electrons. The molecule has 0 unspecified atom stereocenters. The lowest BCUT2D eigenvalue weighted by Gasteiger charge is -2.19. The van der Waals surface area contributed by atoms with Gasteiger partial charge in [-0.15, -0.1) is 0 Å². The molecule has 0 amide bonds. The van der Waals surface area contributed by atoms with Gasteiger partial charge in [0.15, 0.2) is 17.3 Å². The van der Waals surface area contributed by atoms with Crippen molar-refractivity contribution >= 4 is 17.6 Å². The Hall–Kier alpha value is -3.57.